The van der Waals surface area contributed by atoms with Gasteiger partial charge in [0.25, 0.3) is 0 Å². The predicted octanol–water partition coefficient (Wildman–Crippen LogP) is 2.46. The molecule has 0 spiro atoms. The maximum Gasteiger partial charge on any atom is 0.131 e. The lowest BCUT2D eigenvalue weighted by atomic mass is 9.92. The van der Waals surface area contributed by atoms with Crippen LogP contribution in [0.1, 0.15) is 31.9 Å². The molecular formula is C13H21NO3. The number of phenols is 1. The highest BCUT2D eigenvalue weighted by Gasteiger charge is 2.22. The van der Waals surface area contributed by atoms with Crippen molar-refractivity contribution >= 4 is 0 Å². The summed E-state index contributed by atoms with van der Waals surface area (Å²) in [5.41, 5.74) is 6.78. The third-order valence-corrected chi connectivity index (χ3v) is 3.14. The average Bonchev–Trinajstić information content (AvgIpc) is 2.35. The van der Waals surface area contributed by atoms with E-state index in [4.69, 9.17) is 15.2 Å². The zero-order valence-corrected chi connectivity index (χ0v) is 10.9. The fraction of sp³-hybridized carbons (Fsp3) is 0.538. The highest BCUT2D eigenvalue weighted by molar-refractivity contribution is 5.51. The number of nitrogens with two attached hydrogens (primary N) is 1. The lowest BCUT2D eigenvalue weighted by Crippen LogP contribution is -2.19. The number of benzene rings is 1. The Balaban J connectivity index is 3.22. The van der Waals surface area contributed by atoms with Crippen molar-refractivity contribution in [1.82, 2.24) is 0 Å². The molecule has 0 aliphatic heterocycles. The smallest absolute Gasteiger partial charge is 0.131 e. The van der Waals surface area contributed by atoms with Gasteiger partial charge in [0.15, 0.2) is 0 Å². The topological polar surface area (TPSA) is 64.7 Å². The van der Waals surface area contributed by atoms with Crippen LogP contribution < -0.4 is 15.2 Å². The molecule has 1 rings (SSSR count). The van der Waals surface area contributed by atoms with E-state index in [-0.39, 0.29) is 17.7 Å². The normalized spacial score (nSPS) is 14.2. The summed E-state index contributed by atoms with van der Waals surface area (Å²) in [4.78, 5) is 0. The molecule has 1 aromatic rings. The second-order valence-corrected chi connectivity index (χ2v) is 4.17. The van der Waals surface area contributed by atoms with Crippen LogP contribution in [-0.4, -0.2) is 19.3 Å². The molecule has 0 fully saturated rings. The number of ether oxygens (including phenoxy) is 2. The first kappa shape index (κ1) is 13.6. The van der Waals surface area contributed by atoms with Gasteiger partial charge in [-0.05, 0) is 5.92 Å². The van der Waals surface area contributed by atoms with Crippen molar-refractivity contribution in [2.24, 2.45) is 11.7 Å². The van der Waals surface area contributed by atoms with Gasteiger partial charge in [-0.15, -0.1) is 0 Å². The number of aromatic hydroxyl groups is 1. The molecule has 0 aliphatic rings. The van der Waals surface area contributed by atoms with Gasteiger partial charge in [-0.25, -0.2) is 0 Å². The van der Waals surface area contributed by atoms with Gasteiger partial charge >= 0.3 is 0 Å². The highest BCUT2D eigenvalue weighted by atomic mass is 16.5. The maximum atomic E-state index is 10.0. The van der Waals surface area contributed by atoms with Crippen LogP contribution in [0.15, 0.2) is 12.1 Å². The summed E-state index contributed by atoms with van der Waals surface area (Å²) in [6, 6.07) is 3.04. The first-order valence-corrected chi connectivity index (χ1v) is 5.75. The van der Waals surface area contributed by atoms with Crippen LogP contribution in [0.3, 0.4) is 0 Å². The van der Waals surface area contributed by atoms with E-state index in [1.54, 1.807) is 26.4 Å². The van der Waals surface area contributed by atoms with Gasteiger partial charge in [-0.3, -0.25) is 0 Å². The molecule has 0 saturated carbocycles. The van der Waals surface area contributed by atoms with E-state index in [0.29, 0.717) is 17.1 Å². The lowest BCUT2D eigenvalue weighted by Gasteiger charge is -2.22. The second-order valence-electron chi connectivity index (χ2n) is 4.17. The van der Waals surface area contributed by atoms with Gasteiger partial charge in [-0.2, -0.15) is 0 Å². The lowest BCUT2D eigenvalue weighted by molar-refractivity contribution is 0.360. The molecule has 1 unspecified atom stereocenters. The fourth-order valence-electron chi connectivity index (χ4n) is 1.75. The zero-order chi connectivity index (χ0) is 13.0. The summed E-state index contributed by atoms with van der Waals surface area (Å²) in [6.07, 6.45) is 0.940. The average molecular weight is 239 g/mol. The van der Waals surface area contributed by atoms with Gasteiger partial charge < -0.3 is 20.3 Å². The van der Waals surface area contributed by atoms with E-state index >= 15 is 0 Å². The van der Waals surface area contributed by atoms with Crippen molar-refractivity contribution in [1.29, 1.82) is 0 Å². The first-order chi connectivity index (χ1) is 8.04. The van der Waals surface area contributed by atoms with Crippen LogP contribution in [0.5, 0.6) is 17.2 Å². The fourth-order valence-corrected chi connectivity index (χ4v) is 1.75. The summed E-state index contributed by atoms with van der Waals surface area (Å²) in [5, 5.41) is 10.0. The minimum Gasteiger partial charge on any atom is -0.507 e. The molecule has 2 atom stereocenters. The molecule has 3 N–H and O–H groups in total. The Morgan fingerprint density at radius 2 is 1.94 bits per heavy atom. The summed E-state index contributed by atoms with van der Waals surface area (Å²) in [5.74, 6) is 1.51. The van der Waals surface area contributed by atoms with Gasteiger partial charge in [0.05, 0.1) is 19.8 Å². The van der Waals surface area contributed by atoms with Crippen molar-refractivity contribution in [3.8, 4) is 17.2 Å². The molecule has 17 heavy (non-hydrogen) atoms. The maximum absolute atomic E-state index is 10.0. The van der Waals surface area contributed by atoms with Gasteiger partial charge in [0.2, 0.25) is 0 Å². The van der Waals surface area contributed by atoms with E-state index in [2.05, 4.69) is 6.92 Å². The summed E-state index contributed by atoms with van der Waals surface area (Å²) >= 11 is 0. The van der Waals surface area contributed by atoms with Crippen molar-refractivity contribution in [3.63, 3.8) is 0 Å². The molecule has 0 aromatic heterocycles. The standard InChI is InChI=1S/C13H21NO3/c1-5-8(2)13(14)12-10(15)6-9(16-3)7-11(12)17-4/h6-8,13,15H,5,14H2,1-4H3/t8?,13-/m0/s1. The SMILES string of the molecule is CCC(C)[C@H](N)c1c(O)cc(OC)cc1OC. The number of hydrogen-bond donors (Lipinski definition) is 2. The predicted molar refractivity (Wildman–Crippen MR) is 67.6 cm³/mol. The number of hydrogen-bond acceptors (Lipinski definition) is 4. The zero-order valence-electron chi connectivity index (χ0n) is 10.9. The van der Waals surface area contributed by atoms with Crippen LogP contribution in [0.2, 0.25) is 0 Å². The van der Waals surface area contributed by atoms with Crippen molar-refractivity contribution in [3.05, 3.63) is 17.7 Å². The molecule has 0 saturated heterocycles. The van der Waals surface area contributed by atoms with Gasteiger partial charge in [0, 0.05) is 18.2 Å². The van der Waals surface area contributed by atoms with Gasteiger partial charge in [-0.1, -0.05) is 20.3 Å². The second kappa shape index (κ2) is 5.77. The number of rotatable bonds is 5. The monoisotopic (exact) mass is 239 g/mol. The molecule has 1 aromatic carbocycles. The van der Waals surface area contributed by atoms with Crippen LogP contribution in [0.25, 0.3) is 0 Å². The minimum atomic E-state index is -0.249. The molecule has 0 amide bonds. The number of phenolic OH excluding ortho intramolecular Hbond substituents is 1. The molecule has 96 valence electrons. The minimum absolute atomic E-state index is 0.119. The van der Waals surface area contributed by atoms with E-state index in [1.165, 1.54) is 0 Å². The largest absolute Gasteiger partial charge is 0.507 e. The Morgan fingerprint density at radius 3 is 2.41 bits per heavy atom. The van der Waals surface area contributed by atoms with Crippen molar-refractivity contribution in [2.45, 2.75) is 26.3 Å². The Bertz CT molecular complexity index is 379. The summed E-state index contributed by atoms with van der Waals surface area (Å²) in [7, 11) is 3.10. The van der Waals surface area contributed by atoms with Gasteiger partial charge in [0.1, 0.15) is 17.2 Å². The third-order valence-electron chi connectivity index (χ3n) is 3.14. The molecule has 0 bridgehead atoms. The highest BCUT2D eigenvalue weighted by Crippen LogP contribution is 2.39. The molecule has 4 heteroatoms. The molecule has 0 aliphatic carbocycles. The Hall–Kier alpha value is -1.42. The molecule has 0 radical (unpaired) electrons. The van der Waals surface area contributed by atoms with Crippen molar-refractivity contribution in [2.75, 3.05) is 14.2 Å². The van der Waals surface area contributed by atoms with E-state index in [1.807, 2.05) is 6.92 Å². The molecule has 4 nitrogen and oxygen atoms in total. The Kier molecular flexibility index (Phi) is 4.63. The van der Waals surface area contributed by atoms with E-state index in [9.17, 15) is 5.11 Å². The molecule has 0 heterocycles. The van der Waals surface area contributed by atoms with Crippen LogP contribution in [0.4, 0.5) is 0 Å². The summed E-state index contributed by atoms with van der Waals surface area (Å²) < 4.78 is 10.3. The molecular weight excluding hydrogens is 218 g/mol. The number of methoxy groups -OCH3 is 2. The van der Waals surface area contributed by atoms with Crippen LogP contribution >= 0.6 is 0 Å². The quantitative estimate of drug-likeness (QED) is 0.828. The van der Waals surface area contributed by atoms with E-state index in [0.717, 1.165) is 6.42 Å². The Morgan fingerprint density at radius 1 is 1.29 bits per heavy atom. The first-order valence-electron chi connectivity index (χ1n) is 5.75. The third kappa shape index (κ3) is 2.82. The van der Waals surface area contributed by atoms with E-state index < -0.39 is 0 Å². The van der Waals surface area contributed by atoms with Crippen LogP contribution in [-0.2, 0) is 0 Å². The Labute approximate surface area is 102 Å². The summed E-state index contributed by atoms with van der Waals surface area (Å²) in [6.45, 7) is 4.12. The van der Waals surface area contributed by atoms with Crippen molar-refractivity contribution < 1.29 is 14.6 Å². The van der Waals surface area contributed by atoms with Crippen LogP contribution in [0, 0.1) is 5.92 Å².